The molecule has 0 amide bonds. The van der Waals surface area contributed by atoms with Gasteiger partial charge in [0.05, 0.1) is 28.1 Å². The third kappa shape index (κ3) is 6.69. The molecule has 10 rings (SSSR count). The van der Waals surface area contributed by atoms with Crippen LogP contribution in [0.1, 0.15) is 50.1 Å². The number of rotatable bonds is 7. The van der Waals surface area contributed by atoms with E-state index in [-0.39, 0.29) is 0 Å². The lowest BCUT2D eigenvalue weighted by Gasteiger charge is -2.21. The smallest absolute Gasteiger partial charge is 0.164 e. The van der Waals surface area contributed by atoms with E-state index in [0.29, 0.717) is 23.3 Å². The van der Waals surface area contributed by atoms with Crippen molar-refractivity contribution in [1.29, 1.82) is 0 Å². The Morgan fingerprint density at radius 1 is 0.312 bits per heavy atom. The SMILES string of the molecule is Cc1cc(-n2c3c(C)c(C)c(C)c(C)c3c3c(C)c(C)c(C)c(C)c32)c(-c2nc(-c3ccccc3)cc(-c3ccccc3)n2)cc1-c1nc(-c2ccccc2)nc(-c2ccccc2)n1. The van der Waals surface area contributed by atoms with Gasteiger partial charge in [0.2, 0.25) is 0 Å². The van der Waals surface area contributed by atoms with E-state index in [1.165, 1.54) is 66.3 Å². The van der Waals surface area contributed by atoms with Crippen LogP contribution >= 0.6 is 0 Å². The van der Waals surface area contributed by atoms with Gasteiger partial charge in [-0.2, -0.15) is 0 Å². The molecule has 0 aliphatic carbocycles. The molecule has 6 nitrogen and oxygen atoms in total. The van der Waals surface area contributed by atoms with Crippen LogP contribution in [0, 0.1) is 62.3 Å². The van der Waals surface area contributed by atoms with E-state index >= 15 is 0 Å². The molecule has 6 heteroatoms. The molecule has 3 aromatic heterocycles. The van der Waals surface area contributed by atoms with Crippen LogP contribution in [0.3, 0.4) is 0 Å². The fraction of sp³-hybridized carbons (Fsp3) is 0.155. The Labute approximate surface area is 375 Å². The Balaban J connectivity index is 1.37. The molecule has 0 spiro atoms. The van der Waals surface area contributed by atoms with Gasteiger partial charge in [-0.15, -0.1) is 0 Å². The minimum absolute atomic E-state index is 0.583. The second-order valence-corrected chi connectivity index (χ2v) is 17.2. The molecular formula is C58H50N6. The standard InChI is InChI=1S/C58H50N6/c1-33-30-50(64-53-40(8)36(4)34(2)38(6)51(53)52-39(7)35(3)37(5)41(9)54(52)64)47(58-59-48(42-22-14-10-15-23-42)32-49(60-58)43-24-16-11-17-25-43)31-46(33)57-62-55(44-26-18-12-19-27-44)61-56(63-57)45-28-20-13-21-29-45/h10-32H,1-9H3. The lowest BCUT2D eigenvalue weighted by Crippen LogP contribution is -2.07. The molecule has 0 aliphatic heterocycles. The van der Waals surface area contributed by atoms with Gasteiger partial charge in [-0.1, -0.05) is 121 Å². The summed E-state index contributed by atoms with van der Waals surface area (Å²) in [5.74, 6) is 2.42. The molecule has 7 aromatic carbocycles. The fourth-order valence-electron chi connectivity index (χ4n) is 9.42. The molecule has 10 aromatic rings. The number of benzene rings is 7. The maximum absolute atomic E-state index is 5.49. The van der Waals surface area contributed by atoms with E-state index in [0.717, 1.165) is 56.0 Å². The van der Waals surface area contributed by atoms with Gasteiger partial charge in [-0.3, -0.25) is 0 Å². The highest BCUT2D eigenvalue weighted by Gasteiger charge is 2.28. The van der Waals surface area contributed by atoms with E-state index in [1.807, 2.05) is 72.8 Å². The van der Waals surface area contributed by atoms with Crippen molar-refractivity contribution in [3.05, 3.63) is 190 Å². The first-order valence-electron chi connectivity index (χ1n) is 22.0. The summed E-state index contributed by atoms with van der Waals surface area (Å²) in [4.78, 5) is 26.5. The highest BCUT2D eigenvalue weighted by atomic mass is 15.0. The maximum Gasteiger partial charge on any atom is 0.164 e. The largest absolute Gasteiger partial charge is 0.308 e. The molecule has 64 heavy (non-hydrogen) atoms. The number of fused-ring (bicyclic) bond motifs is 3. The van der Waals surface area contributed by atoms with E-state index in [9.17, 15) is 0 Å². The number of nitrogens with zero attached hydrogens (tertiary/aromatic N) is 6. The van der Waals surface area contributed by atoms with Crippen molar-refractivity contribution < 1.29 is 0 Å². The average Bonchev–Trinajstić information content (AvgIpc) is 3.71. The van der Waals surface area contributed by atoms with Gasteiger partial charge >= 0.3 is 0 Å². The van der Waals surface area contributed by atoms with Crippen molar-refractivity contribution in [3.63, 3.8) is 0 Å². The van der Waals surface area contributed by atoms with Crippen LogP contribution in [0.2, 0.25) is 0 Å². The van der Waals surface area contributed by atoms with Gasteiger partial charge in [0.15, 0.2) is 23.3 Å². The van der Waals surface area contributed by atoms with Crippen molar-refractivity contribution in [2.45, 2.75) is 62.3 Å². The summed E-state index contributed by atoms with van der Waals surface area (Å²) in [6.45, 7) is 20.4. The summed E-state index contributed by atoms with van der Waals surface area (Å²) in [7, 11) is 0. The molecular weight excluding hydrogens is 781 g/mol. The lowest BCUT2D eigenvalue weighted by atomic mass is 9.90. The first-order valence-corrected chi connectivity index (χ1v) is 22.0. The van der Waals surface area contributed by atoms with Crippen molar-refractivity contribution in [2.75, 3.05) is 0 Å². The highest BCUT2D eigenvalue weighted by Crippen LogP contribution is 2.46. The average molecular weight is 831 g/mol. The Bertz CT molecular complexity index is 3250. The van der Waals surface area contributed by atoms with Crippen molar-refractivity contribution >= 4 is 21.8 Å². The fourth-order valence-corrected chi connectivity index (χ4v) is 9.42. The molecule has 0 fully saturated rings. The highest BCUT2D eigenvalue weighted by molar-refractivity contribution is 6.16. The normalized spacial score (nSPS) is 11.5. The molecule has 0 saturated heterocycles. The summed E-state index contributed by atoms with van der Waals surface area (Å²) in [6, 6.07) is 47.7. The summed E-state index contributed by atoms with van der Waals surface area (Å²) in [5, 5.41) is 2.60. The van der Waals surface area contributed by atoms with Gasteiger partial charge in [0, 0.05) is 44.2 Å². The second kappa shape index (κ2) is 16.0. The second-order valence-electron chi connectivity index (χ2n) is 17.2. The first-order chi connectivity index (χ1) is 31.0. The van der Waals surface area contributed by atoms with Gasteiger partial charge in [-0.05, 0) is 131 Å². The maximum atomic E-state index is 5.49. The Kier molecular flexibility index (Phi) is 10.1. The molecule has 312 valence electrons. The molecule has 0 bridgehead atoms. The zero-order valence-electron chi connectivity index (χ0n) is 38.0. The topological polar surface area (TPSA) is 69.4 Å². The Hall–Kier alpha value is -7.57. The van der Waals surface area contributed by atoms with E-state index in [4.69, 9.17) is 24.9 Å². The van der Waals surface area contributed by atoms with Crippen LogP contribution < -0.4 is 0 Å². The molecule has 0 atom stereocenters. The van der Waals surface area contributed by atoms with Crippen molar-refractivity contribution in [1.82, 2.24) is 29.5 Å². The monoisotopic (exact) mass is 830 g/mol. The van der Waals surface area contributed by atoms with Gasteiger partial charge < -0.3 is 4.57 Å². The predicted octanol–water partition coefficient (Wildman–Crippen LogP) is 14.5. The Morgan fingerprint density at radius 3 is 1.09 bits per heavy atom. The number of hydrogen-bond donors (Lipinski definition) is 0. The first kappa shape index (κ1) is 40.5. The van der Waals surface area contributed by atoms with Crippen LogP contribution in [-0.2, 0) is 0 Å². The van der Waals surface area contributed by atoms with Crippen LogP contribution in [0.5, 0.6) is 0 Å². The third-order valence-corrected chi connectivity index (χ3v) is 13.6. The van der Waals surface area contributed by atoms with Gasteiger partial charge in [0.1, 0.15) is 0 Å². The molecule has 0 unspecified atom stereocenters. The van der Waals surface area contributed by atoms with Crippen molar-refractivity contribution in [3.8, 4) is 73.8 Å². The summed E-state index contributed by atoms with van der Waals surface area (Å²) in [6.07, 6.45) is 0. The summed E-state index contributed by atoms with van der Waals surface area (Å²) < 4.78 is 2.53. The van der Waals surface area contributed by atoms with Crippen molar-refractivity contribution in [2.24, 2.45) is 0 Å². The van der Waals surface area contributed by atoms with E-state index in [2.05, 4.69) is 134 Å². The van der Waals surface area contributed by atoms with Crippen LogP contribution in [0.25, 0.3) is 95.6 Å². The van der Waals surface area contributed by atoms with Gasteiger partial charge in [0.25, 0.3) is 0 Å². The minimum Gasteiger partial charge on any atom is -0.308 e. The zero-order chi connectivity index (χ0) is 44.4. The lowest BCUT2D eigenvalue weighted by molar-refractivity contribution is 1.07. The number of hydrogen-bond acceptors (Lipinski definition) is 5. The quantitative estimate of drug-likeness (QED) is 0.160. The number of aryl methyl sites for hydroxylation is 5. The predicted molar refractivity (Wildman–Crippen MR) is 265 cm³/mol. The van der Waals surface area contributed by atoms with Crippen LogP contribution in [0.15, 0.2) is 140 Å². The minimum atomic E-state index is 0.583. The van der Waals surface area contributed by atoms with Crippen LogP contribution in [-0.4, -0.2) is 29.5 Å². The molecule has 3 heterocycles. The molecule has 0 aliphatic rings. The molecule has 0 radical (unpaired) electrons. The van der Waals surface area contributed by atoms with Gasteiger partial charge in [-0.25, -0.2) is 24.9 Å². The van der Waals surface area contributed by atoms with E-state index in [1.54, 1.807) is 0 Å². The summed E-state index contributed by atoms with van der Waals surface area (Å²) in [5.41, 5.74) is 22.2. The van der Waals surface area contributed by atoms with E-state index < -0.39 is 0 Å². The Morgan fingerprint density at radius 2 is 0.672 bits per heavy atom. The molecule has 0 N–H and O–H groups in total. The molecule has 0 saturated carbocycles. The van der Waals surface area contributed by atoms with Crippen LogP contribution in [0.4, 0.5) is 0 Å². The zero-order valence-corrected chi connectivity index (χ0v) is 38.0. The number of aromatic nitrogens is 6. The summed E-state index contributed by atoms with van der Waals surface area (Å²) >= 11 is 0. The third-order valence-electron chi connectivity index (χ3n) is 13.6.